The Morgan fingerprint density at radius 1 is 1.09 bits per heavy atom. The number of amides is 1. The second-order valence-electron chi connectivity index (χ2n) is 7.47. The van der Waals surface area contributed by atoms with E-state index >= 15 is 0 Å². The Kier molecular flexibility index (Phi) is 6.31. The SMILES string of the molecule is C=CCN(CC=C)C(=O)COC(=O)c1c2c(nc3ccccc13)/C(=C/c1ccco1)CC2. The number of aromatic nitrogens is 1. The molecule has 3 aromatic rings. The summed E-state index contributed by atoms with van der Waals surface area (Å²) < 4.78 is 10.9. The Morgan fingerprint density at radius 2 is 1.88 bits per heavy atom. The average Bonchev–Trinajstić information content (AvgIpc) is 3.46. The topological polar surface area (TPSA) is 72.6 Å². The van der Waals surface area contributed by atoms with Crippen LogP contribution in [0, 0.1) is 0 Å². The lowest BCUT2D eigenvalue weighted by Gasteiger charge is -2.19. The lowest BCUT2D eigenvalue weighted by Crippen LogP contribution is -2.35. The number of fused-ring (bicyclic) bond motifs is 2. The quantitative estimate of drug-likeness (QED) is 0.385. The van der Waals surface area contributed by atoms with Gasteiger partial charge in [0.2, 0.25) is 0 Å². The highest BCUT2D eigenvalue weighted by atomic mass is 16.5. The predicted octanol–water partition coefficient (Wildman–Crippen LogP) is 4.67. The summed E-state index contributed by atoms with van der Waals surface area (Å²) in [5.41, 5.74) is 3.80. The number of carbonyl (C=O) groups is 2. The normalized spacial score (nSPS) is 13.7. The number of nitrogens with zero attached hydrogens (tertiary/aromatic N) is 2. The van der Waals surface area contributed by atoms with Crippen LogP contribution in [-0.4, -0.2) is 41.5 Å². The minimum absolute atomic E-state index is 0.299. The van der Waals surface area contributed by atoms with Crippen LogP contribution in [0.1, 0.15) is 33.8 Å². The molecule has 4 rings (SSSR count). The number of para-hydroxylation sites is 1. The zero-order valence-corrected chi connectivity index (χ0v) is 17.8. The van der Waals surface area contributed by atoms with E-state index in [0.717, 1.165) is 34.4 Å². The van der Waals surface area contributed by atoms with Crippen molar-refractivity contribution in [1.82, 2.24) is 9.88 Å². The molecule has 1 aliphatic rings. The van der Waals surface area contributed by atoms with Crippen molar-refractivity contribution in [3.8, 4) is 0 Å². The van der Waals surface area contributed by atoms with E-state index < -0.39 is 5.97 Å². The van der Waals surface area contributed by atoms with Crippen LogP contribution in [0.3, 0.4) is 0 Å². The molecule has 0 bridgehead atoms. The summed E-state index contributed by atoms with van der Waals surface area (Å²) in [6.45, 7) is 7.69. The van der Waals surface area contributed by atoms with Gasteiger partial charge in [-0.3, -0.25) is 4.79 Å². The number of hydrogen-bond donors (Lipinski definition) is 0. The highest BCUT2D eigenvalue weighted by Crippen LogP contribution is 2.37. The molecule has 6 nitrogen and oxygen atoms in total. The lowest BCUT2D eigenvalue weighted by molar-refractivity contribution is -0.133. The fourth-order valence-electron chi connectivity index (χ4n) is 3.94. The molecule has 0 saturated carbocycles. The molecule has 0 atom stereocenters. The van der Waals surface area contributed by atoms with Gasteiger partial charge in [0, 0.05) is 18.5 Å². The van der Waals surface area contributed by atoms with Crippen LogP contribution in [0.25, 0.3) is 22.6 Å². The Balaban J connectivity index is 1.66. The molecule has 32 heavy (non-hydrogen) atoms. The maximum atomic E-state index is 13.2. The molecule has 0 saturated heterocycles. The van der Waals surface area contributed by atoms with Gasteiger partial charge in [0.1, 0.15) is 5.76 Å². The molecule has 0 radical (unpaired) electrons. The molecule has 6 heteroatoms. The lowest BCUT2D eigenvalue weighted by atomic mass is 10.0. The highest BCUT2D eigenvalue weighted by molar-refractivity contribution is 6.07. The fourth-order valence-corrected chi connectivity index (χ4v) is 3.94. The summed E-state index contributed by atoms with van der Waals surface area (Å²) in [7, 11) is 0. The molecular weight excluding hydrogens is 404 g/mol. The van der Waals surface area contributed by atoms with E-state index in [0.29, 0.717) is 30.6 Å². The number of esters is 1. The van der Waals surface area contributed by atoms with Crippen LogP contribution < -0.4 is 0 Å². The highest BCUT2D eigenvalue weighted by Gasteiger charge is 2.28. The number of furan rings is 1. The monoisotopic (exact) mass is 428 g/mol. The molecular formula is C26H24N2O4. The molecule has 2 heterocycles. The number of ether oxygens (including phenoxy) is 1. The van der Waals surface area contributed by atoms with Crippen LogP contribution in [-0.2, 0) is 16.0 Å². The Morgan fingerprint density at radius 3 is 2.59 bits per heavy atom. The largest absolute Gasteiger partial charge is 0.465 e. The number of allylic oxidation sites excluding steroid dienone is 1. The van der Waals surface area contributed by atoms with Crippen molar-refractivity contribution >= 4 is 34.4 Å². The van der Waals surface area contributed by atoms with E-state index in [-0.39, 0.29) is 12.5 Å². The third-order valence-electron chi connectivity index (χ3n) is 5.38. The summed E-state index contributed by atoms with van der Waals surface area (Å²) in [6, 6.07) is 11.2. The zero-order valence-electron chi connectivity index (χ0n) is 17.8. The van der Waals surface area contributed by atoms with Crippen LogP contribution >= 0.6 is 0 Å². The number of pyridine rings is 1. The van der Waals surface area contributed by atoms with Crippen molar-refractivity contribution in [1.29, 1.82) is 0 Å². The predicted molar refractivity (Wildman–Crippen MR) is 124 cm³/mol. The molecule has 1 aromatic carbocycles. The van der Waals surface area contributed by atoms with E-state index in [1.165, 1.54) is 4.90 Å². The van der Waals surface area contributed by atoms with Crippen LogP contribution in [0.15, 0.2) is 72.4 Å². The summed E-state index contributed by atoms with van der Waals surface area (Å²) in [5.74, 6) is -0.0850. The van der Waals surface area contributed by atoms with Crippen LogP contribution in [0.4, 0.5) is 0 Å². The maximum Gasteiger partial charge on any atom is 0.339 e. The molecule has 1 amide bonds. The van der Waals surface area contributed by atoms with Crippen molar-refractivity contribution < 1.29 is 18.7 Å². The van der Waals surface area contributed by atoms with E-state index in [9.17, 15) is 9.59 Å². The first kappa shape index (κ1) is 21.3. The first-order chi connectivity index (χ1) is 15.6. The average molecular weight is 428 g/mol. The summed E-state index contributed by atoms with van der Waals surface area (Å²) in [5, 5.41) is 0.719. The third-order valence-corrected chi connectivity index (χ3v) is 5.38. The van der Waals surface area contributed by atoms with Gasteiger partial charge in [-0.05, 0) is 48.3 Å². The van der Waals surface area contributed by atoms with Crippen LogP contribution in [0.5, 0.6) is 0 Å². The minimum atomic E-state index is -0.524. The van der Waals surface area contributed by atoms with Crippen molar-refractivity contribution in [2.45, 2.75) is 12.8 Å². The standard InChI is InChI=1S/C26H24N2O4/c1-3-13-28(14-4-2)23(29)17-32-26(30)24-20-9-5-6-10-22(20)27-25-18(11-12-21(24)25)16-19-8-7-15-31-19/h3-10,15-16H,1-2,11-14,17H2/b18-16+. The Hall–Kier alpha value is -3.93. The number of hydrogen-bond acceptors (Lipinski definition) is 5. The van der Waals surface area contributed by atoms with Crippen LogP contribution in [0.2, 0.25) is 0 Å². The maximum absolute atomic E-state index is 13.2. The van der Waals surface area contributed by atoms with Gasteiger partial charge in [-0.2, -0.15) is 0 Å². The van der Waals surface area contributed by atoms with Gasteiger partial charge in [0.05, 0.1) is 23.0 Å². The van der Waals surface area contributed by atoms with Crippen molar-refractivity contribution in [3.05, 3.63) is 90.6 Å². The van der Waals surface area contributed by atoms with Crippen molar-refractivity contribution in [2.24, 2.45) is 0 Å². The van der Waals surface area contributed by atoms with Gasteiger partial charge in [-0.15, -0.1) is 13.2 Å². The number of rotatable bonds is 8. The minimum Gasteiger partial charge on any atom is -0.465 e. The fraction of sp³-hybridized carbons (Fsp3) is 0.192. The molecule has 0 N–H and O–H groups in total. The van der Waals surface area contributed by atoms with Gasteiger partial charge >= 0.3 is 5.97 Å². The summed E-state index contributed by atoms with van der Waals surface area (Å²) in [6.07, 6.45) is 8.23. The zero-order chi connectivity index (χ0) is 22.5. The number of benzene rings is 1. The first-order valence-corrected chi connectivity index (χ1v) is 10.4. The molecule has 0 spiro atoms. The molecule has 162 valence electrons. The molecule has 0 unspecified atom stereocenters. The summed E-state index contributed by atoms with van der Waals surface area (Å²) >= 11 is 0. The number of carbonyl (C=O) groups excluding carboxylic acids is 2. The van der Waals surface area contributed by atoms with Gasteiger partial charge in [-0.25, -0.2) is 9.78 Å². The van der Waals surface area contributed by atoms with E-state index in [2.05, 4.69) is 13.2 Å². The van der Waals surface area contributed by atoms with E-state index in [1.807, 2.05) is 42.5 Å². The molecule has 0 fully saturated rings. The van der Waals surface area contributed by atoms with Crippen molar-refractivity contribution in [2.75, 3.05) is 19.7 Å². The van der Waals surface area contributed by atoms with Gasteiger partial charge in [-0.1, -0.05) is 30.4 Å². The second-order valence-corrected chi connectivity index (χ2v) is 7.47. The Bertz CT molecular complexity index is 1200. The van der Waals surface area contributed by atoms with Gasteiger partial charge in [0.15, 0.2) is 6.61 Å². The summed E-state index contributed by atoms with van der Waals surface area (Å²) in [4.78, 5) is 32.0. The van der Waals surface area contributed by atoms with Gasteiger partial charge < -0.3 is 14.1 Å². The van der Waals surface area contributed by atoms with E-state index in [1.54, 1.807) is 18.4 Å². The Labute approximate surface area is 186 Å². The van der Waals surface area contributed by atoms with E-state index in [4.69, 9.17) is 14.1 Å². The second kappa shape index (κ2) is 9.47. The smallest absolute Gasteiger partial charge is 0.339 e. The van der Waals surface area contributed by atoms with Gasteiger partial charge in [0.25, 0.3) is 5.91 Å². The molecule has 1 aliphatic carbocycles. The van der Waals surface area contributed by atoms with Crippen molar-refractivity contribution in [3.63, 3.8) is 0 Å². The molecule has 2 aromatic heterocycles. The first-order valence-electron chi connectivity index (χ1n) is 10.4. The third kappa shape index (κ3) is 4.25. The molecule has 0 aliphatic heterocycles.